The second-order valence-electron chi connectivity index (χ2n) is 6.19. The van der Waals surface area contributed by atoms with Gasteiger partial charge in [-0.25, -0.2) is 17.9 Å². The van der Waals surface area contributed by atoms with Crippen LogP contribution in [0.25, 0.3) is 0 Å². The minimum atomic E-state index is -4.53. The Bertz CT molecular complexity index is 774. The second-order valence-corrected chi connectivity index (χ2v) is 7.96. The van der Waals surface area contributed by atoms with Crippen LogP contribution in [0.2, 0.25) is 0 Å². The van der Waals surface area contributed by atoms with Crippen molar-refractivity contribution in [3.8, 4) is 0 Å². The summed E-state index contributed by atoms with van der Waals surface area (Å²) in [7, 11) is -3.93. The number of sulfonamides is 1. The monoisotopic (exact) mass is 391 g/mol. The van der Waals surface area contributed by atoms with E-state index in [1.165, 1.54) is 24.3 Å². The molecule has 0 saturated carbocycles. The van der Waals surface area contributed by atoms with Gasteiger partial charge in [-0.15, -0.1) is 0 Å². The molecule has 0 heterocycles. The van der Waals surface area contributed by atoms with Crippen LogP contribution in [-0.2, 0) is 25.7 Å². The number of carbonyl (C=O) groups excluding carboxylic acids is 1. The van der Waals surface area contributed by atoms with Gasteiger partial charge >= 0.3 is 12.1 Å². The molecule has 0 bridgehead atoms. The van der Waals surface area contributed by atoms with Gasteiger partial charge in [0, 0.05) is 12.6 Å². The fourth-order valence-electron chi connectivity index (χ4n) is 1.68. The molecule has 0 aromatic heterocycles. The number of nitrogens with one attached hydrogen (secondary N) is 1. The van der Waals surface area contributed by atoms with E-state index in [1.54, 1.807) is 20.8 Å². The average Bonchev–Trinajstić information content (AvgIpc) is 2.48. The highest BCUT2D eigenvalue weighted by atomic mass is 32.2. The fraction of sp³-hybridized carbons (Fsp3) is 0.353. The lowest BCUT2D eigenvalue weighted by molar-refractivity contribution is -0.148. The lowest BCUT2D eigenvalue weighted by atomic mass is 10.2. The highest BCUT2D eigenvalue weighted by molar-refractivity contribution is 7.89. The zero-order chi connectivity index (χ0) is 20.0. The van der Waals surface area contributed by atoms with Crippen molar-refractivity contribution in [2.75, 3.05) is 6.54 Å². The first kappa shape index (κ1) is 21.9. The van der Waals surface area contributed by atoms with Crippen molar-refractivity contribution in [1.82, 2.24) is 4.72 Å². The van der Waals surface area contributed by atoms with E-state index in [4.69, 9.17) is 4.74 Å². The van der Waals surface area contributed by atoms with Crippen LogP contribution in [0.5, 0.6) is 0 Å². The molecule has 0 aliphatic rings. The third-order valence-corrected chi connectivity index (χ3v) is 4.21. The number of hydrogen-bond acceptors (Lipinski definition) is 4. The maximum absolute atomic E-state index is 12.5. The number of rotatable bonds is 6. The smallest absolute Gasteiger partial charge is 0.416 e. The van der Waals surface area contributed by atoms with E-state index in [1.807, 2.05) is 0 Å². The first-order chi connectivity index (χ1) is 11.8. The maximum atomic E-state index is 12.5. The minimum Gasteiger partial charge on any atom is -0.457 e. The summed E-state index contributed by atoms with van der Waals surface area (Å²) in [6.45, 7) is 5.09. The van der Waals surface area contributed by atoms with Gasteiger partial charge < -0.3 is 4.74 Å². The van der Waals surface area contributed by atoms with Gasteiger partial charge in [-0.2, -0.15) is 13.2 Å². The number of hydrogen-bond donors (Lipinski definition) is 1. The van der Waals surface area contributed by atoms with Crippen LogP contribution in [0, 0.1) is 0 Å². The van der Waals surface area contributed by atoms with Crippen molar-refractivity contribution < 1.29 is 31.1 Å². The van der Waals surface area contributed by atoms with Crippen LogP contribution in [-0.4, -0.2) is 26.5 Å². The lowest BCUT2D eigenvalue weighted by Crippen LogP contribution is -2.23. The Morgan fingerprint density at radius 1 is 1.12 bits per heavy atom. The highest BCUT2D eigenvalue weighted by Crippen LogP contribution is 2.29. The van der Waals surface area contributed by atoms with E-state index >= 15 is 0 Å². The molecule has 0 unspecified atom stereocenters. The molecule has 144 valence electrons. The number of esters is 1. The van der Waals surface area contributed by atoms with Crippen LogP contribution >= 0.6 is 0 Å². The Balaban J connectivity index is 2.57. The summed E-state index contributed by atoms with van der Waals surface area (Å²) in [5.74, 6) is -0.535. The van der Waals surface area contributed by atoms with Crippen molar-refractivity contribution in [2.45, 2.75) is 37.4 Å². The van der Waals surface area contributed by atoms with Crippen molar-refractivity contribution in [3.63, 3.8) is 0 Å². The lowest BCUT2D eigenvalue weighted by Gasteiger charge is -2.17. The SMILES string of the molecule is CC(C)(C)OC(=O)/C=C/C=C\CNS(=O)(=O)c1ccc(C(F)(F)F)cc1. The molecule has 1 rings (SSSR count). The number of alkyl halides is 3. The number of allylic oxidation sites excluding steroid dienone is 2. The molecule has 0 fully saturated rings. The molecule has 9 heteroatoms. The largest absolute Gasteiger partial charge is 0.457 e. The second kappa shape index (κ2) is 8.50. The third-order valence-electron chi connectivity index (χ3n) is 2.77. The number of ether oxygens (including phenoxy) is 1. The molecule has 0 atom stereocenters. The molecule has 0 amide bonds. The molecule has 5 nitrogen and oxygen atoms in total. The van der Waals surface area contributed by atoms with Gasteiger partial charge in [-0.05, 0) is 45.0 Å². The Morgan fingerprint density at radius 2 is 1.69 bits per heavy atom. The molecule has 0 radical (unpaired) electrons. The van der Waals surface area contributed by atoms with E-state index < -0.39 is 33.3 Å². The van der Waals surface area contributed by atoms with Gasteiger partial charge in [0.05, 0.1) is 10.5 Å². The van der Waals surface area contributed by atoms with Crippen LogP contribution in [0.4, 0.5) is 13.2 Å². The topological polar surface area (TPSA) is 72.5 Å². The summed E-state index contributed by atoms with van der Waals surface area (Å²) in [5.41, 5.74) is -1.54. The standard InChI is InChI=1S/C17H20F3NO4S/c1-16(2,3)25-15(22)7-5-4-6-12-21-26(23,24)14-10-8-13(9-11-14)17(18,19)20/h4-11,21H,12H2,1-3H3/b6-4-,7-5+. The van der Waals surface area contributed by atoms with E-state index in [0.717, 1.165) is 12.1 Å². The normalized spacial score (nSPS) is 13.5. The van der Waals surface area contributed by atoms with E-state index in [2.05, 4.69) is 4.72 Å². The van der Waals surface area contributed by atoms with Gasteiger partial charge in [0.2, 0.25) is 10.0 Å². The van der Waals surface area contributed by atoms with Crippen LogP contribution in [0.1, 0.15) is 26.3 Å². The maximum Gasteiger partial charge on any atom is 0.416 e. The van der Waals surface area contributed by atoms with Gasteiger partial charge in [0.15, 0.2) is 0 Å². The zero-order valence-corrected chi connectivity index (χ0v) is 15.3. The molecule has 1 N–H and O–H groups in total. The Morgan fingerprint density at radius 3 is 2.19 bits per heavy atom. The van der Waals surface area contributed by atoms with Crippen molar-refractivity contribution in [2.24, 2.45) is 0 Å². The number of carbonyl (C=O) groups is 1. The van der Waals surface area contributed by atoms with Crippen LogP contribution < -0.4 is 4.72 Å². The molecule has 0 aliphatic heterocycles. The van der Waals surface area contributed by atoms with Crippen molar-refractivity contribution in [1.29, 1.82) is 0 Å². The molecule has 26 heavy (non-hydrogen) atoms. The zero-order valence-electron chi connectivity index (χ0n) is 14.5. The quantitative estimate of drug-likeness (QED) is 0.458. The number of halogens is 3. The van der Waals surface area contributed by atoms with E-state index in [0.29, 0.717) is 12.1 Å². The average molecular weight is 391 g/mol. The van der Waals surface area contributed by atoms with Gasteiger partial charge in [-0.3, -0.25) is 0 Å². The molecule has 0 saturated heterocycles. The van der Waals surface area contributed by atoms with Crippen molar-refractivity contribution >= 4 is 16.0 Å². The van der Waals surface area contributed by atoms with Gasteiger partial charge in [0.1, 0.15) is 5.60 Å². The summed E-state index contributed by atoms with van der Waals surface area (Å²) in [5, 5.41) is 0. The predicted molar refractivity (Wildman–Crippen MR) is 90.8 cm³/mol. The van der Waals surface area contributed by atoms with Crippen LogP contribution in [0.3, 0.4) is 0 Å². The summed E-state index contributed by atoms with van der Waals surface area (Å²) < 4.78 is 68.6. The van der Waals surface area contributed by atoms with E-state index in [-0.39, 0.29) is 11.4 Å². The van der Waals surface area contributed by atoms with Gasteiger partial charge in [0.25, 0.3) is 0 Å². The molecular weight excluding hydrogens is 371 g/mol. The number of benzene rings is 1. The molecule has 0 spiro atoms. The molecule has 1 aromatic carbocycles. The van der Waals surface area contributed by atoms with E-state index in [9.17, 15) is 26.4 Å². The summed E-state index contributed by atoms with van der Waals surface area (Å²) in [6.07, 6.45) is 0.924. The molecule has 1 aromatic rings. The highest BCUT2D eigenvalue weighted by Gasteiger charge is 2.30. The first-order valence-corrected chi connectivity index (χ1v) is 9.03. The minimum absolute atomic E-state index is 0.0952. The Kier molecular flexibility index (Phi) is 7.16. The molecular formula is C17H20F3NO4S. The summed E-state index contributed by atoms with van der Waals surface area (Å²) in [4.78, 5) is 11.1. The van der Waals surface area contributed by atoms with Gasteiger partial charge in [-0.1, -0.05) is 18.2 Å². The third kappa shape index (κ3) is 7.83. The van der Waals surface area contributed by atoms with Crippen LogP contribution in [0.15, 0.2) is 53.5 Å². The fourth-order valence-corrected chi connectivity index (χ4v) is 2.66. The predicted octanol–water partition coefficient (Wildman–Crippen LogP) is 3.44. The summed E-state index contributed by atoms with van der Waals surface area (Å²) in [6, 6.07) is 3.18. The Hall–Kier alpha value is -2.13. The molecule has 0 aliphatic carbocycles. The summed E-state index contributed by atoms with van der Waals surface area (Å²) >= 11 is 0. The Labute approximate surface area is 150 Å². The van der Waals surface area contributed by atoms with Crippen molar-refractivity contribution in [3.05, 3.63) is 54.1 Å². The first-order valence-electron chi connectivity index (χ1n) is 7.54.